The molecule has 1 atom stereocenters. The quantitative estimate of drug-likeness (QED) is 0.499. The van der Waals surface area contributed by atoms with Crippen LogP contribution in [0.5, 0.6) is 0 Å². The molecule has 1 saturated heterocycles. The van der Waals surface area contributed by atoms with Gasteiger partial charge in [0.25, 0.3) is 5.91 Å². The van der Waals surface area contributed by atoms with E-state index in [0.29, 0.717) is 18.5 Å². The van der Waals surface area contributed by atoms with Crippen molar-refractivity contribution < 1.29 is 31.2 Å². The second-order valence-corrected chi connectivity index (χ2v) is 12.6. The van der Waals surface area contributed by atoms with Crippen molar-refractivity contribution in [1.82, 2.24) is 4.31 Å². The Bertz CT molecular complexity index is 1420. The summed E-state index contributed by atoms with van der Waals surface area (Å²) in [6.45, 7) is 1.34. The minimum absolute atomic E-state index is 0.0524. The highest BCUT2D eigenvalue weighted by molar-refractivity contribution is 7.89. The minimum atomic E-state index is -4.19. The molecule has 2 aromatic carbocycles. The van der Waals surface area contributed by atoms with Crippen LogP contribution in [0, 0.1) is 0 Å². The number of primary sulfonamides is 1. The molecule has 1 heterocycles. The molecule has 0 radical (unpaired) electrons. The predicted molar refractivity (Wildman–Crippen MR) is 135 cm³/mol. The number of carbonyl (C=O) groups is 3. The molecule has 3 amide bonds. The lowest BCUT2D eigenvalue weighted by Crippen LogP contribution is -2.51. The zero-order valence-electron chi connectivity index (χ0n) is 20.2. The molecule has 198 valence electrons. The first-order chi connectivity index (χ1) is 17.4. The van der Waals surface area contributed by atoms with Gasteiger partial charge in [-0.2, -0.15) is 4.31 Å². The van der Waals surface area contributed by atoms with Gasteiger partial charge in [-0.1, -0.05) is 19.3 Å². The van der Waals surface area contributed by atoms with Crippen LogP contribution in [0.2, 0.25) is 0 Å². The average Bonchev–Trinajstić information content (AvgIpc) is 3.12. The molecule has 11 nitrogen and oxygen atoms in total. The molecule has 3 N–H and O–H groups in total. The van der Waals surface area contributed by atoms with E-state index in [0.717, 1.165) is 24.2 Å². The van der Waals surface area contributed by atoms with Gasteiger partial charge in [-0.3, -0.25) is 14.4 Å². The Morgan fingerprint density at radius 3 is 2.03 bits per heavy atom. The summed E-state index contributed by atoms with van der Waals surface area (Å²) in [6, 6.07) is 8.91. The molecule has 2 aromatic rings. The maximum atomic E-state index is 13.9. The number of hydrogen-bond acceptors (Lipinski definition) is 7. The predicted octanol–water partition coefficient (Wildman–Crippen LogP) is 1.95. The maximum Gasteiger partial charge on any atom is 0.252 e. The summed E-state index contributed by atoms with van der Waals surface area (Å²) < 4.78 is 52.1. The number of amides is 3. The fourth-order valence-electron chi connectivity index (χ4n) is 4.86. The highest BCUT2D eigenvalue weighted by atomic mass is 32.2. The highest BCUT2D eigenvalue weighted by Gasteiger charge is 2.49. The van der Waals surface area contributed by atoms with Gasteiger partial charge in [0.1, 0.15) is 6.04 Å². The Morgan fingerprint density at radius 2 is 1.49 bits per heavy atom. The first-order valence-electron chi connectivity index (χ1n) is 11.8. The number of nitrogens with zero attached hydrogens (tertiary/aromatic N) is 2. The molecule has 2 aliphatic rings. The lowest BCUT2D eigenvalue weighted by molar-refractivity contribution is -0.122. The van der Waals surface area contributed by atoms with Gasteiger partial charge in [-0.25, -0.2) is 26.9 Å². The third-order valence-corrected chi connectivity index (χ3v) is 9.44. The number of sulfonamides is 2. The van der Waals surface area contributed by atoms with Crippen molar-refractivity contribution in [3.05, 3.63) is 48.5 Å². The van der Waals surface area contributed by atoms with Crippen LogP contribution in [0.15, 0.2) is 58.3 Å². The fourth-order valence-corrected chi connectivity index (χ4v) is 7.20. The number of nitrogens with two attached hydrogens (primary N) is 1. The number of nitrogens with one attached hydrogen (secondary N) is 1. The number of imide groups is 1. The van der Waals surface area contributed by atoms with Crippen molar-refractivity contribution in [2.45, 2.75) is 67.3 Å². The number of anilines is 2. The lowest BCUT2D eigenvalue weighted by Gasteiger charge is -2.36. The maximum absolute atomic E-state index is 13.9. The fraction of sp³-hybridized carbons (Fsp3) is 0.375. The zero-order valence-corrected chi connectivity index (χ0v) is 21.8. The highest BCUT2D eigenvalue weighted by Crippen LogP contribution is 2.35. The molecule has 1 aliphatic carbocycles. The average molecular weight is 549 g/mol. The van der Waals surface area contributed by atoms with Crippen LogP contribution in [0.3, 0.4) is 0 Å². The van der Waals surface area contributed by atoms with Gasteiger partial charge in [-0.05, 0) is 61.4 Å². The van der Waals surface area contributed by atoms with Crippen LogP contribution in [0.25, 0.3) is 0 Å². The Labute approximate surface area is 215 Å². The topological polar surface area (TPSA) is 164 Å². The molecule has 0 bridgehead atoms. The molecule has 1 aliphatic heterocycles. The SMILES string of the molecule is CC(=O)Nc1ccc(S(=O)(=O)N(C2CCCCC2)C2CC(=O)N(c3ccc(S(N)(=O)=O)cc3)C2=O)cc1. The van der Waals surface area contributed by atoms with Crippen LogP contribution in [-0.2, 0) is 34.4 Å². The molecule has 0 aromatic heterocycles. The molecule has 0 spiro atoms. The molecular weight excluding hydrogens is 520 g/mol. The van der Waals surface area contributed by atoms with Crippen LogP contribution in [-0.4, -0.2) is 50.9 Å². The first kappa shape index (κ1) is 26.9. The summed E-state index contributed by atoms with van der Waals surface area (Å²) in [5.41, 5.74) is 0.558. The largest absolute Gasteiger partial charge is 0.326 e. The minimum Gasteiger partial charge on any atom is -0.326 e. The van der Waals surface area contributed by atoms with E-state index in [4.69, 9.17) is 5.14 Å². The Hall–Kier alpha value is -3.13. The van der Waals surface area contributed by atoms with Gasteiger partial charge in [0, 0.05) is 18.7 Å². The molecule has 4 rings (SSSR count). The second-order valence-electron chi connectivity index (χ2n) is 9.16. The summed E-state index contributed by atoms with van der Waals surface area (Å²) in [6.07, 6.45) is 3.33. The molecule has 13 heteroatoms. The van der Waals surface area contributed by atoms with Gasteiger partial charge in [0.15, 0.2) is 0 Å². The van der Waals surface area contributed by atoms with E-state index in [2.05, 4.69) is 5.32 Å². The summed E-state index contributed by atoms with van der Waals surface area (Å²) in [5.74, 6) is -1.58. The van der Waals surface area contributed by atoms with Gasteiger partial charge in [-0.15, -0.1) is 0 Å². The summed E-state index contributed by atoms with van der Waals surface area (Å²) in [7, 11) is -8.16. The van der Waals surface area contributed by atoms with E-state index in [-0.39, 0.29) is 27.8 Å². The second kappa shape index (κ2) is 10.3. The monoisotopic (exact) mass is 548 g/mol. The number of benzene rings is 2. The lowest BCUT2D eigenvalue weighted by atomic mass is 9.94. The Morgan fingerprint density at radius 1 is 0.919 bits per heavy atom. The van der Waals surface area contributed by atoms with E-state index < -0.39 is 43.9 Å². The van der Waals surface area contributed by atoms with E-state index in [9.17, 15) is 31.2 Å². The van der Waals surface area contributed by atoms with Crippen molar-refractivity contribution >= 4 is 49.1 Å². The van der Waals surface area contributed by atoms with Crippen molar-refractivity contribution in [1.29, 1.82) is 0 Å². The number of carbonyl (C=O) groups excluding carboxylic acids is 3. The molecule has 1 saturated carbocycles. The van der Waals surface area contributed by atoms with Crippen molar-refractivity contribution in [3.8, 4) is 0 Å². The first-order valence-corrected chi connectivity index (χ1v) is 14.8. The Kier molecular flexibility index (Phi) is 7.51. The summed E-state index contributed by atoms with van der Waals surface area (Å²) in [4.78, 5) is 38.5. The van der Waals surface area contributed by atoms with E-state index in [1.165, 1.54) is 59.8 Å². The normalized spacial score (nSPS) is 19.4. The number of rotatable bonds is 7. The number of hydrogen-bond donors (Lipinski definition) is 2. The molecule has 2 fully saturated rings. The van der Waals surface area contributed by atoms with E-state index >= 15 is 0 Å². The Balaban J connectivity index is 1.69. The summed E-state index contributed by atoms with van der Waals surface area (Å²) >= 11 is 0. The standard InChI is InChI=1S/C24H28N4O7S2/c1-16(29)26-17-7-11-21(12-8-17)37(34,35)28(19-5-3-2-4-6-19)22-15-23(30)27(24(22)31)18-9-13-20(14-10-18)36(25,32)33/h7-14,19,22H,2-6,15H2,1H3,(H,26,29)(H2,25,32,33). The van der Waals surface area contributed by atoms with Gasteiger partial charge >= 0.3 is 0 Å². The third kappa shape index (κ3) is 5.59. The van der Waals surface area contributed by atoms with E-state index in [1.54, 1.807) is 0 Å². The molecule has 1 unspecified atom stereocenters. The van der Waals surface area contributed by atoms with Crippen molar-refractivity contribution in [2.75, 3.05) is 10.2 Å². The van der Waals surface area contributed by atoms with Crippen LogP contribution in [0.4, 0.5) is 11.4 Å². The molecule has 37 heavy (non-hydrogen) atoms. The van der Waals surface area contributed by atoms with Crippen LogP contribution in [0.1, 0.15) is 45.4 Å². The zero-order chi connectivity index (χ0) is 27.0. The van der Waals surface area contributed by atoms with Gasteiger partial charge in [0.2, 0.25) is 31.9 Å². The van der Waals surface area contributed by atoms with Crippen LogP contribution < -0.4 is 15.4 Å². The van der Waals surface area contributed by atoms with E-state index in [1.807, 2.05) is 0 Å². The van der Waals surface area contributed by atoms with Crippen molar-refractivity contribution in [3.63, 3.8) is 0 Å². The summed E-state index contributed by atoms with van der Waals surface area (Å²) in [5, 5.41) is 7.71. The van der Waals surface area contributed by atoms with Crippen LogP contribution >= 0.6 is 0 Å². The third-order valence-electron chi connectivity index (χ3n) is 6.54. The molecular formula is C24H28N4O7S2. The van der Waals surface area contributed by atoms with Gasteiger partial charge in [0.05, 0.1) is 21.9 Å². The van der Waals surface area contributed by atoms with Gasteiger partial charge < -0.3 is 5.32 Å². The smallest absolute Gasteiger partial charge is 0.252 e. The van der Waals surface area contributed by atoms with Crippen molar-refractivity contribution in [2.24, 2.45) is 5.14 Å².